The summed E-state index contributed by atoms with van der Waals surface area (Å²) in [4.78, 5) is 16.7. The third-order valence-electron chi connectivity index (χ3n) is 4.54. The molecule has 0 N–H and O–H groups in total. The monoisotopic (exact) mass is 298 g/mol. The minimum absolute atomic E-state index is 0.00288. The van der Waals surface area contributed by atoms with Crippen LogP contribution in [0.15, 0.2) is 34.9 Å². The number of nitrogens with zero attached hydrogens (tertiary/aromatic N) is 2. The summed E-state index contributed by atoms with van der Waals surface area (Å²) < 4.78 is 5.32. The molecule has 2 heterocycles. The lowest BCUT2D eigenvalue weighted by Crippen LogP contribution is -2.49. The fraction of sp³-hybridized carbons (Fsp3) is 0.389. The first kappa shape index (κ1) is 14.7. The van der Waals surface area contributed by atoms with Crippen molar-refractivity contribution in [3.8, 4) is 0 Å². The van der Waals surface area contributed by atoms with Crippen molar-refractivity contribution in [2.75, 3.05) is 31.1 Å². The van der Waals surface area contributed by atoms with Gasteiger partial charge in [0.25, 0.3) is 5.91 Å². The molecule has 22 heavy (non-hydrogen) atoms. The summed E-state index contributed by atoms with van der Waals surface area (Å²) in [5.41, 5.74) is 4.81. The number of carbonyl (C=O) groups excluding carboxylic acids is 1. The standard InChI is InChI=1S/C18H22N2O2/c1-13-5-4-6-16(15(13)3)19-8-10-20(11-9-19)18(21)17-14(2)7-12-22-17/h4-7,12H,8-11H2,1-3H3. The van der Waals surface area contributed by atoms with Gasteiger partial charge in [0.15, 0.2) is 5.76 Å². The minimum Gasteiger partial charge on any atom is -0.459 e. The normalized spacial score (nSPS) is 15.2. The Morgan fingerprint density at radius 2 is 1.73 bits per heavy atom. The molecule has 1 aliphatic heterocycles. The summed E-state index contributed by atoms with van der Waals surface area (Å²) in [6.07, 6.45) is 1.58. The van der Waals surface area contributed by atoms with Crippen LogP contribution in [-0.2, 0) is 0 Å². The zero-order valence-corrected chi connectivity index (χ0v) is 13.4. The van der Waals surface area contributed by atoms with Crippen LogP contribution in [0.5, 0.6) is 0 Å². The van der Waals surface area contributed by atoms with E-state index in [0.717, 1.165) is 31.7 Å². The number of furan rings is 1. The molecule has 0 radical (unpaired) electrons. The Hall–Kier alpha value is -2.23. The molecular weight excluding hydrogens is 276 g/mol. The molecular formula is C18H22N2O2. The van der Waals surface area contributed by atoms with Gasteiger partial charge in [0.05, 0.1) is 6.26 Å². The molecule has 4 nitrogen and oxygen atoms in total. The molecule has 0 bridgehead atoms. The van der Waals surface area contributed by atoms with E-state index in [1.54, 1.807) is 6.26 Å². The lowest BCUT2D eigenvalue weighted by molar-refractivity contribution is 0.0713. The molecule has 1 amide bonds. The highest BCUT2D eigenvalue weighted by atomic mass is 16.3. The number of benzene rings is 1. The van der Waals surface area contributed by atoms with Gasteiger partial charge >= 0.3 is 0 Å². The van der Waals surface area contributed by atoms with Crippen LogP contribution in [0, 0.1) is 20.8 Å². The molecule has 1 aliphatic rings. The first-order valence-electron chi connectivity index (χ1n) is 7.72. The Labute approximate surface area is 131 Å². The van der Waals surface area contributed by atoms with Gasteiger partial charge < -0.3 is 14.2 Å². The maximum atomic E-state index is 12.5. The smallest absolute Gasteiger partial charge is 0.289 e. The Kier molecular flexibility index (Phi) is 3.92. The lowest BCUT2D eigenvalue weighted by Gasteiger charge is -2.36. The summed E-state index contributed by atoms with van der Waals surface area (Å²) in [6.45, 7) is 9.38. The highest BCUT2D eigenvalue weighted by Crippen LogP contribution is 2.24. The quantitative estimate of drug-likeness (QED) is 0.854. The highest BCUT2D eigenvalue weighted by molar-refractivity contribution is 5.93. The van der Waals surface area contributed by atoms with Crippen LogP contribution in [0.25, 0.3) is 0 Å². The number of rotatable bonds is 2. The molecule has 0 saturated carbocycles. The van der Waals surface area contributed by atoms with Crippen molar-refractivity contribution >= 4 is 11.6 Å². The van der Waals surface area contributed by atoms with Gasteiger partial charge in [-0.1, -0.05) is 12.1 Å². The van der Waals surface area contributed by atoms with E-state index in [-0.39, 0.29) is 5.91 Å². The van der Waals surface area contributed by atoms with Crippen LogP contribution >= 0.6 is 0 Å². The minimum atomic E-state index is 0.00288. The third-order valence-corrected chi connectivity index (χ3v) is 4.54. The van der Waals surface area contributed by atoms with Gasteiger partial charge in [0.1, 0.15) is 0 Å². The van der Waals surface area contributed by atoms with Crippen molar-refractivity contribution in [3.63, 3.8) is 0 Å². The zero-order valence-electron chi connectivity index (χ0n) is 13.4. The molecule has 0 spiro atoms. The van der Waals surface area contributed by atoms with Gasteiger partial charge in [-0.3, -0.25) is 4.79 Å². The second kappa shape index (κ2) is 5.87. The maximum Gasteiger partial charge on any atom is 0.289 e. The molecule has 0 unspecified atom stereocenters. The first-order chi connectivity index (χ1) is 10.6. The second-order valence-electron chi connectivity index (χ2n) is 5.93. The van der Waals surface area contributed by atoms with E-state index in [1.165, 1.54) is 16.8 Å². The second-order valence-corrected chi connectivity index (χ2v) is 5.93. The van der Waals surface area contributed by atoms with E-state index in [9.17, 15) is 4.79 Å². The largest absolute Gasteiger partial charge is 0.459 e. The fourth-order valence-electron chi connectivity index (χ4n) is 2.96. The van der Waals surface area contributed by atoms with Crippen LogP contribution in [0.4, 0.5) is 5.69 Å². The predicted octanol–water partition coefficient (Wildman–Crippen LogP) is 3.17. The molecule has 1 saturated heterocycles. The average molecular weight is 298 g/mol. The van der Waals surface area contributed by atoms with E-state index in [0.29, 0.717) is 5.76 Å². The van der Waals surface area contributed by atoms with Gasteiger partial charge in [-0.25, -0.2) is 0 Å². The van der Waals surface area contributed by atoms with Crippen LogP contribution in [0.2, 0.25) is 0 Å². The third kappa shape index (κ3) is 2.61. The molecule has 1 aromatic heterocycles. The molecule has 1 aromatic carbocycles. The molecule has 2 aromatic rings. The molecule has 1 fully saturated rings. The number of carbonyl (C=O) groups is 1. The Morgan fingerprint density at radius 1 is 1.00 bits per heavy atom. The van der Waals surface area contributed by atoms with Gasteiger partial charge in [-0.2, -0.15) is 0 Å². The van der Waals surface area contributed by atoms with Crippen molar-refractivity contribution in [1.29, 1.82) is 0 Å². The summed E-state index contributed by atoms with van der Waals surface area (Å²) in [5.74, 6) is 0.475. The summed E-state index contributed by atoms with van der Waals surface area (Å²) in [7, 11) is 0. The average Bonchev–Trinajstić information content (AvgIpc) is 2.96. The van der Waals surface area contributed by atoms with Gasteiger partial charge in [0, 0.05) is 37.4 Å². The first-order valence-corrected chi connectivity index (χ1v) is 7.72. The maximum absolute atomic E-state index is 12.5. The fourth-order valence-corrected chi connectivity index (χ4v) is 2.96. The van der Waals surface area contributed by atoms with E-state index >= 15 is 0 Å². The van der Waals surface area contributed by atoms with Crippen LogP contribution < -0.4 is 4.90 Å². The topological polar surface area (TPSA) is 36.7 Å². The SMILES string of the molecule is Cc1ccoc1C(=O)N1CCN(c2cccc(C)c2C)CC1. The summed E-state index contributed by atoms with van der Waals surface area (Å²) >= 11 is 0. The Morgan fingerprint density at radius 3 is 2.36 bits per heavy atom. The van der Waals surface area contributed by atoms with Crippen molar-refractivity contribution < 1.29 is 9.21 Å². The molecule has 4 heteroatoms. The molecule has 0 aliphatic carbocycles. The highest BCUT2D eigenvalue weighted by Gasteiger charge is 2.25. The van der Waals surface area contributed by atoms with Gasteiger partial charge in [0.2, 0.25) is 0 Å². The Bertz CT molecular complexity index is 682. The number of hydrogen-bond donors (Lipinski definition) is 0. The molecule has 116 valence electrons. The van der Waals surface area contributed by atoms with Crippen molar-refractivity contribution in [3.05, 3.63) is 53.0 Å². The van der Waals surface area contributed by atoms with E-state index < -0.39 is 0 Å². The van der Waals surface area contributed by atoms with Crippen molar-refractivity contribution in [1.82, 2.24) is 4.90 Å². The number of anilines is 1. The van der Waals surface area contributed by atoms with Gasteiger partial charge in [-0.05, 0) is 44.0 Å². The Balaban J connectivity index is 1.69. The molecule has 3 rings (SSSR count). The lowest BCUT2D eigenvalue weighted by atomic mass is 10.1. The number of amides is 1. The summed E-state index contributed by atoms with van der Waals surface area (Å²) in [6, 6.07) is 8.23. The van der Waals surface area contributed by atoms with Crippen LogP contribution in [-0.4, -0.2) is 37.0 Å². The van der Waals surface area contributed by atoms with Crippen LogP contribution in [0.3, 0.4) is 0 Å². The number of hydrogen-bond acceptors (Lipinski definition) is 3. The van der Waals surface area contributed by atoms with Gasteiger partial charge in [-0.15, -0.1) is 0 Å². The number of aryl methyl sites for hydroxylation is 2. The van der Waals surface area contributed by atoms with Crippen molar-refractivity contribution in [2.45, 2.75) is 20.8 Å². The predicted molar refractivity (Wildman–Crippen MR) is 87.5 cm³/mol. The summed E-state index contributed by atoms with van der Waals surface area (Å²) in [5, 5.41) is 0. The van der Waals surface area contributed by atoms with E-state index in [2.05, 4.69) is 36.9 Å². The molecule has 0 atom stereocenters. The van der Waals surface area contributed by atoms with Crippen LogP contribution in [0.1, 0.15) is 27.2 Å². The van der Waals surface area contributed by atoms with E-state index in [1.807, 2.05) is 17.9 Å². The number of piperazine rings is 1. The van der Waals surface area contributed by atoms with E-state index in [4.69, 9.17) is 4.42 Å². The zero-order chi connectivity index (χ0) is 15.7. The van der Waals surface area contributed by atoms with Crippen molar-refractivity contribution in [2.24, 2.45) is 0 Å².